The molecular formula is C23H19N7O5. The van der Waals surface area contributed by atoms with Crippen molar-refractivity contribution in [1.29, 1.82) is 0 Å². The van der Waals surface area contributed by atoms with Crippen molar-refractivity contribution >= 4 is 17.8 Å². The Hall–Kier alpha value is -5.13. The Morgan fingerprint density at radius 2 is 1.94 bits per heavy atom. The normalized spacial score (nSPS) is 10.8. The second-order valence-corrected chi connectivity index (χ2v) is 7.06. The van der Waals surface area contributed by atoms with Crippen LogP contribution in [0.25, 0.3) is 5.69 Å². The zero-order valence-corrected chi connectivity index (χ0v) is 18.4. The van der Waals surface area contributed by atoms with E-state index in [-0.39, 0.29) is 12.3 Å². The number of hydrogen-bond donors (Lipinski definition) is 1. The van der Waals surface area contributed by atoms with E-state index in [1.54, 1.807) is 18.0 Å². The van der Waals surface area contributed by atoms with Crippen LogP contribution in [0.1, 0.15) is 21.6 Å². The van der Waals surface area contributed by atoms with Gasteiger partial charge in [0.15, 0.2) is 0 Å². The number of carbonyl (C=O) groups excluding carboxylic acids is 1. The number of carbonyl (C=O) groups is 1. The monoisotopic (exact) mass is 473 g/mol. The van der Waals surface area contributed by atoms with Gasteiger partial charge in [0, 0.05) is 35.7 Å². The second-order valence-electron chi connectivity index (χ2n) is 7.06. The van der Waals surface area contributed by atoms with Crippen molar-refractivity contribution in [3.8, 4) is 17.2 Å². The highest BCUT2D eigenvalue weighted by Crippen LogP contribution is 2.24. The van der Waals surface area contributed by atoms with Gasteiger partial charge < -0.3 is 9.47 Å². The predicted octanol–water partition coefficient (Wildman–Crippen LogP) is 2.92. The van der Waals surface area contributed by atoms with E-state index in [0.29, 0.717) is 22.6 Å². The maximum Gasteiger partial charge on any atom is 0.271 e. The van der Waals surface area contributed by atoms with Gasteiger partial charge in [0.2, 0.25) is 0 Å². The molecule has 12 heteroatoms. The SMILES string of the molecule is COc1ccc(-n2cc(COc3ccc([N+](=O)[O-])cc3/C=N/NC(=O)c3ccncc3)nn2)cc1. The molecule has 4 rings (SSSR count). The summed E-state index contributed by atoms with van der Waals surface area (Å²) >= 11 is 0. The van der Waals surface area contributed by atoms with Crippen molar-refractivity contribution in [2.45, 2.75) is 6.61 Å². The van der Waals surface area contributed by atoms with Crippen molar-refractivity contribution in [2.75, 3.05) is 7.11 Å². The number of aromatic nitrogens is 4. The average Bonchev–Trinajstić information content (AvgIpc) is 3.37. The van der Waals surface area contributed by atoms with Gasteiger partial charge in [-0.2, -0.15) is 5.10 Å². The predicted molar refractivity (Wildman–Crippen MR) is 125 cm³/mol. The van der Waals surface area contributed by atoms with Crippen molar-refractivity contribution in [2.24, 2.45) is 5.10 Å². The summed E-state index contributed by atoms with van der Waals surface area (Å²) in [5, 5.41) is 23.3. The number of benzene rings is 2. The highest BCUT2D eigenvalue weighted by molar-refractivity contribution is 5.95. The van der Waals surface area contributed by atoms with Crippen LogP contribution in [0.3, 0.4) is 0 Å². The molecule has 0 unspecified atom stereocenters. The summed E-state index contributed by atoms with van der Waals surface area (Å²) in [5.41, 5.74) is 4.22. The van der Waals surface area contributed by atoms with E-state index in [1.165, 1.54) is 48.9 Å². The number of ether oxygens (including phenoxy) is 2. The molecule has 0 fully saturated rings. The lowest BCUT2D eigenvalue weighted by atomic mass is 10.2. The average molecular weight is 473 g/mol. The van der Waals surface area contributed by atoms with Crippen LogP contribution in [-0.4, -0.2) is 44.1 Å². The highest BCUT2D eigenvalue weighted by atomic mass is 16.6. The third-order valence-corrected chi connectivity index (χ3v) is 4.77. The van der Waals surface area contributed by atoms with Gasteiger partial charge in [-0.15, -0.1) is 5.10 Å². The van der Waals surface area contributed by atoms with Crippen LogP contribution in [0.15, 0.2) is 78.3 Å². The van der Waals surface area contributed by atoms with Gasteiger partial charge in [-0.05, 0) is 42.5 Å². The summed E-state index contributed by atoms with van der Waals surface area (Å²) in [7, 11) is 1.59. The molecule has 0 aliphatic carbocycles. The van der Waals surface area contributed by atoms with Gasteiger partial charge in [-0.3, -0.25) is 19.9 Å². The first-order valence-corrected chi connectivity index (χ1v) is 10.2. The Kier molecular flexibility index (Phi) is 7.02. The number of amides is 1. The minimum absolute atomic E-state index is 0.0538. The molecule has 0 aliphatic rings. The molecule has 2 aromatic heterocycles. The fourth-order valence-corrected chi connectivity index (χ4v) is 2.99. The van der Waals surface area contributed by atoms with Crippen LogP contribution in [0.4, 0.5) is 5.69 Å². The highest BCUT2D eigenvalue weighted by Gasteiger charge is 2.12. The van der Waals surface area contributed by atoms with Crippen LogP contribution in [0.5, 0.6) is 11.5 Å². The molecule has 4 aromatic rings. The minimum Gasteiger partial charge on any atom is -0.497 e. The van der Waals surface area contributed by atoms with Gasteiger partial charge in [0.05, 0.1) is 30.1 Å². The van der Waals surface area contributed by atoms with Crippen molar-refractivity contribution in [1.82, 2.24) is 25.4 Å². The Labute approximate surface area is 199 Å². The fourth-order valence-electron chi connectivity index (χ4n) is 2.99. The first-order chi connectivity index (χ1) is 17.0. The number of nitrogens with zero attached hydrogens (tertiary/aromatic N) is 6. The first kappa shape index (κ1) is 23.0. The second kappa shape index (κ2) is 10.7. The van der Waals surface area contributed by atoms with E-state index in [2.05, 4.69) is 25.8 Å². The van der Waals surface area contributed by atoms with Gasteiger partial charge in [-0.25, -0.2) is 10.1 Å². The molecule has 2 heterocycles. The number of nitro groups is 1. The first-order valence-electron chi connectivity index (χ1n) is 10.2. The molecular weight excluding hydrogens is 454 g/mol. The van der Waals surface area contributed by atoms with Gasteiger partial charge in [-0.1, -0.05) is 5.21 Å². The number of hydrogen-bond acceptors (Lipinski definition) is 9. The van der Waals surface area contributed by atoms with E-state index in [0.717, 1.165) is 11.4 Å². The van der Waals surface area contributed by atoms with Crippen LogP contribution in [0.2, 0.25) is 0 Å². The molecule has 0 atom stereocenters. The lowest BCUT2D eigenvalue weighted by Gasteiger charge is -2.07. The zero-order valence-electron chi connectivity index (χ0n) is 18.4. The quantitative estimate of drug-likeness (QED) is 0.222. The molecule has 0 saturated heterocycles. The lowest BCUT2D eigenvalue weighted by Crippen LogP contribution is -2.17. The van der Waals surface area contributed by atoms with Crippen LogP contribution in [0, 0.1) is 10.1 Å². The number of rotatable bonds is 9. The van der Waals surface area contributed by atoms with E-state index < -0.39 is 10.8 Å². The maximum atomic E-state index is 12.1. The molecule has 0 spiro atoms. The number of nitro benzene ring substituents is 1. The van der Waals surface area contributed by atoms with E-state index in [1.807, 2.05) is 24.3 Å². The van der Waals surface area contributed by atoms with E-state index in [4.69, 9.17) is 9.47 Å². The van der Waals surface area contributed by atoms with Crippen LogP contribution >= 0.6 is 0 Å². The molecule has 0 radical (unpaired) electrons. The number of methoxy groups -OCH3 is 1. The Morgan fingerprint density at radius 1 is 1.17 bits per heavy atom. The molecule has 0 saturated carbocycles. The van der Waals surface area contributed by atoms with E-state index >= 15 is 0 Å². The van der Waals surface area contributed by atoms with Crippen LogP contribution in [-0.2, 0) is 6.61 Å². The number of nitrogens with one attached hydrogen (secondary N) is 1. The minimum atomic E-state index is -0.531. The topological polar surface area (TPSA) is 147 Å². The standard InChI is InChI=1S/C23H19N7O5/c1-34-21-5-2-19(3-6-21)29-14-18(26-28-29)15-35-22-7-4-20(30(32)33)12-17(22)13-25-27-23(31)16-8-10-24-11-9-16/h2-14H,15H2,1H3,(H,27,31)/b25-13+. The Bertz CT molecular complexity index is 1350. The van der Waals surface area contributed by atoms with Gasteiger partial charge in [0.25, 0.3) is 11.6 Å². The Balaban J connectivity index is 1.46. The molecule has 0 aliphatic heterocycles. The largest absolute Gasteiger partial charge is 0.497 e. The number of hydrazone groups is 1. The lowest BCUT2D eigenvalue weighted by molar-refractivity contribution is -0.384. The summed E-state index contributed by atoms with van der Waals surface area (Å²) in [6.45, 7) is 0.0538. The summed E-state index contributed by atoms with van der Waals surface area (Å²) in [6.07, 6.45) is 5.94. The third-order valence-electron chi connectivity index (χ3n) is 4.77. The smallest absolute Gasteiger partial charge is 0.271 e. The zero-order chi connectivity index (χ0) is 24.6. The van der Waals surface area contributed by atoms with E-state index in [9.17, 15) is 14.9 Å². The molecule has 0 bridgehead atoms. The number of non-ortho nitro benzene ring substituents is 1. The molecule has 35 heavy (non-hydrogen) atoms. The molecule has 12 nitrogen and oxygen atoms in total. The van der Waals surface area contributed by atoms with Crippen LogP contribution < -0.4 is 14.9 Å². The molecule has 176 valence electrons. The fraction of sp³-hybridized carbons (Fsp3) is 0.0870. The molecule has 2 aromatic carbocycles. The Morgan fingerprint density at radius 3 is 2.66 bits per heavy atom. The van der Waals surface area contributed by atoms with Gasteiger partial charge in [0.1, 0.15) is 23.8 Å². The summed E-state index contributed by atoms with van der Waals surface area (Å²) in [6, 6.07) is 14.4. The molecule has 1 N–H and O–H groups in total. The summed E-state index contributed by atoms with van der Waals surface area (Å²) in [5.74, 6) is 0.588. The molecule has 1 amide bonds. The van der Waals surface area contributed by atoms with Gasteiger partial charge >= 0.3 is 0 Å². The summed E-state index contributed by atoms with van der Waals surface area (Å²) in [4.78, 5) is 26.7. The van der Waals surface area contributed by atoms with Crippen molar-refractivity contribution in [3.05, 3.63) is 100 Å². The third kappa shape index (κ3) is 5.82. The van der Waals surface area contributed by atoms with Crippen molar-refractivity contribution < 1.29 is 19.2 Å². The van der Waals surface area contributed by atoms with Crippen molar-refractivity contribution in [3.63, 3.8) is 0 Å². The summed E-state index contributed by atoms with van der Waals surface area (Å²) < 4.78 is 12.6. The maximum absolute atomic E-state index is 12.1. The number of pyridine rings is 1.